The molecule has 1 aromatic carbocycles. The number of aromatic nitrogens is 4. The van der Waals surface area contributed by atoms with E-state index in [4.69, 9.17) is 0 Å². The molecule has 0 saturated heterocycles. The van der Waals surface area contributed by atoms with Crippen LogP contribution in [0, 0.1) is 0 Å². The lowest BCUT2D eigenvalue weighted by atomic mass is 10.2. The zero-order chi connectivity index (χ0) is 16.9. The first-order valence-electron chi connectivity index (χ1n) is 6.85. The van der Waals surface area contributed by atoms with Gasteiger partial charge in [-0.2, -0.15) is 0 Å². The Morgan fingerprint density at radius 1 is 1.25 bits per heavy atom. The number of ether oxygens (including phenoxy) is 1. The van der Waals surface area contributed by atoms with Gasteiger partial charge in [0.2, 0.25) is 5.95 Å². The summed E-state index contributed by atoms with van der Waals surface area (Å²) >= 11 is 0. The molecule has 0 spiro atoms. The lowest BCUT2D eigenvalue weighted by Gasteiger charge is -2.17. The number of nitrogens with one attached hydrogen (secondary N) is 1. The van der Waals surface area contributed by atoms with Gasteiger partial charge in [-0.1, -0.05) is 17.2 Å². The third-order valence-electron chi connectivity index (χ3n) is 3.04. The molecule has 24 heavy (non-hydrogen) atoms. The van der Waals surface area contributed by atoms with Gasteiger partial charge in [0.25, 0.3) is 0 Å². The molecule has 1 aromatic heterocycles. The second-order valence-electron chi connectivity index (χ2n) is 4.85. The van der Waals surface area contributed by atoms with Crippen LogP contribution in [-0.2, 0) is 6.54 Å². The molecular formula is C13H18ClF3N6O. The zero-order valence-electron chi connectivity index (χ0n) is 13.1. The molecule has 0 aliphatic rings. The van der Waals surface area contributed by atoms with Gasteiger partial charge >= 0.3 is 6.36 Å². The molecule has 134 valence electrons. The van der Waals surface area contributed by atoms with Gasteiger partial charge in [0.1, 0.15) is 5.75 Å². The Morgan fingerprint density at radius 3 is 2.50 bits per heavy atom. The van der Waals surface area contributed by atoms with Crippen LogP contribution in [0.3, 0.4) is 0 Å². The Kier molecular flexibility index (Phi) is 7.23. The zero-order valence-corrected chi connectivity index (χ0v) is 13.9. The van der Waals surface area contributed by atoms with Crippen LogP contribution in [0.25, 0.3) is 0 Å². The molecule has 11 heteroatoms. The number of anilines is 1. The summed E-state index contributed by atoms with van der Waals surface area (Å²) in [6.45, 7) is 1.83. The van der Waals surface area contributed by atoms with E-state index in [1.165, 1.54) is 12.1 Å². The second kappa shape index (κ2) is 8.69. The molecule has 0 unspecified atom stereocenters. The van der Waals surface area contributed by atoms with E-state index in [9.17, 15) is 13.2 Å². The van der Waals surface area contributed by atoms with Crippen molar-refractivity contribution in [3.63, 3.8) is 0 Å². The van der Waals surface area contributed by atoms with Gasteiger partial charge in [-0.05, 0) is 35.2 Å². The second-order valence-corrected chi connectivity index (χ2v) is 4.85. The van der Waals surface area contributed by atoms with Crippen molar-refractivity contribution in [1.29, 1.82) is 0 Å². The van der Waals surface area contributed by atoms with Crippen molar-refractivity contribution in [2.45, 2.75) is 12.9 Å². The summed E-state index contributed by atoms with van der Waals surface area (Å²) in [6.07, 6.45) is -4.69. The fourth-order valence-corrected chi connectivity index (χ4v) is 1.92. The Hall–Kier alpha value is -2.07. The van der Waals surface area contributed by atoms with Gasteiger partial charge in [-0.3, -0.25) is 0 Å². The summed E-state index contributed by atoms with van der Waals surface area (Å²) in [5.74, 6) is 0.320. The van der Waals surface area contributed by atoms with E-state index >= 15 is 0 Å². The van der Waals surface area contributed by atoms with Crippen molar-refractivity contribution in [3.8, 4) is 5.75 Å². The maximum atomic E-state index is 12.1. The fraction of sp³-hybridized carbons (Fsp3) is 0.462. The minimum atomic E-state index is -4.69. The fourth-order valence-electron chi connectivity index (χ4n) is 1.92. The molecule has 0 saturated carbocycles. The lowest BCUT2D eigenvalue weighted by Crippen LogP contribution is -2.29. The Balaban J connectivity index is 0.00000288. The number of halogens is 4. The van der Waals surface area contributed by atoms with Crippen molar-refractivity contribution in [2.24, 2.45) is 0 Å². The molecule has 1 N–H and O–H groups in total. The van der Waals surface area contributed by atoms with Crippen LogP contribution >= 0.6 is 12.4 Å². The average molecular weight is 367 g/mol. The molecule has 1 heterocycles. The normalized spacial score (nSPS) is 11.0. The van der Waals surface area contributed by atoms with Crippen molar-refractivity contribution in [2.75, 3.05) is 32.1 Å². The van der Waals surface area contributed by atoms with E-state index in [1.807, 2.05) is 19.0 Å². The number of rotatable bonds is 7. The van der Waals surface area contributed by atoms with Crippen molar-refractivity contribution in [1.82, 2.24) is 25.5 Å². The quantitative estimate of drug-likeness (QED) is 0.804. The van der Waals surface area contributed by atoms with E-state index in [2.05, 4.69) is 25.6 Å². The average Bonchev–Trinajstić information content (AvgIpc) is 2.93. The van der Waals surface area contributed by atoms with Crippen LogP contribution in [0.5, 0.6) is 5.75 Å². The highest BCUT2D eigenvalue weighted by atomic mass is 35.5. The first-order valence-corrected chi connectivity index (χ1v) is 6.85. The summed E-state index contributed by atoms with van der Waals surface area (Å²) in [7, 11) is 3.71. The van der Waals surface area contributed by atoms with Crippen molar-refractivity contribution < 1.29 is 17.9 Å². The van der Waals surface area contributed by atoms with Crippen molar-refractivity contribution >= 4 is 18.4 Å². The first-order chi connectivity index (χ1) is 10.9. The molecule has 0 atom stereocenters. The smallest absolute Gasteiger partial charge is 0.406 e. The molecule has 0 amide bonds. The van der Waals surface area contributed by atoms with Gasteiger partial charge < -0.3 is 15.0 Å². The molecule has 7 nitrogen and oxygen atoms in total. The van der Waals surface area contributed by atoms with Crippen LogP contribution in [-0.4, -0.2) is 53.8 Å². The van der Waals surface area contributed by atoms with Crippen LogP contribution in [0.15, 0.2) is 24.3 Å². The lowest BCUT2D eigenvalue weighted by molar-refractivity contribution is -0.274. The topological polar surface area (TPSA) is 68.1 Å². The van der Waals surface area contributed by atoms with Gasteiger partial charge in [-0.15, -0.1) is 25.6 Å². The maximum absolute atomic E-state index is 12.1. The Morgan fingerprint density at radius 2 is 1.92 bits per heavy atom. The van der Waals surface area contributed by atoms with Crippen LogP contribution < -0.4 is 15.0 Å². The predicted molar refractivity (Wildman–Crippen MR) is 84.5 cm³/mol. The SMILES string of the molecule is CNCCN(C)c1nnnn1Cc1ccc(OC(F)(F)F)cc1.Cl. The van der Waals surface area contributed by atoms with E-state index < -0.39 is 6.36 Å². The summed E-state index contributed by atoms with van der Waals surface area (Å²) in [6, 6.07) is 5.61. The monoisotopic (exact) mass is 366 g/mol. The highest BCUT2D eigenvalue weighted by Gasteiger charge is 2.30. The van der Waals surface area contributed by atoms with Gasteiger partial charge in [0.05, 0.1) is 6.54 Å². The van der Waals surface area contributed by atoms with E-state index in [1.54, 1.807) is 16.8 Å². The molecule has 2 aromatic rings. The van der Waals surface area contributed by atoms with E-state index in [-0.39, 0.29) is 18.2 Å². The number of likely N-dealkylation sites (N-methyl/N-ethyl adjacent to an activating group) is 2. The van der Waals surface area contributed by atoms with Crippen molar-refractivity contribution in [3.05, 3.63) is 29.8 Å². The number of hydrogen-bond donors (Lipinski definition) is 1. The summed E-state index contributed by atoms with van der Waals surface area (Å²) in [5.41, 5.74) is 0.759. The Bertz CT molecular complexity index is 619. The van der Waals surface area contributed by atoms with Gasteiger partial charge in [0, 0.05) is 20.1 Å². The highest BCUT2D eigenvalue weighted by molar-refractivity contribution is 5.85. The molecule has 0 bridgehead atoms. The third kappa shape index (κ3) is 5.85. The van der Waals surface area contributed by atoms with Gasteiger partial charge in [0.15, 0.2) is 0 Å². The molecule has 0 fully saturated rings. The van der Waals surface area contributed by atoms with Crippen LogP contribution in [0.1, 0.15) is 5.56 Å². The Labute approximate surface area is 143 Å². The molecule has 0 aliphatic carbocycles. The first kappa shape index (κ1) is 20.0. The van der Waals surface area contributed by atoms with E-state index in [0.29, 0.717) is 12.5 Å². The predicted octanol–water partition coefficient (Wildman–Crippen LogP) is 1.70. The molecule has 0 aliphatic heterocycles. The van der Waals surface area contributed by atoms with Crippen LogP contribution in [0.4, 0.5) is 19.1 Å². The standard InChI is InChI=1S/C13H17F3N6O.ClH/c1-17-7-8-21(2)12-18-19-20-22(12)9-10-3-5-11(6-4-10)23-13(14,15)16;/h3-6,17H,7-9H2,1-2H3;1H. The third-order valence-corrected chi connectivity index (χ3v) is 3.04. The summed E-state index contributed by atoms with van der Waals surface area (Å²) < 4.78 is 41.8. The van der Waals surface area contributed by atoms with Gasteiger partial charge in [-0.25, -0.2) is 4.68 Å². The summed E-state index contributed by atoms with van der Waals surface area (Å²) in [5, 5.41) is 14.5. The summed E-state index contributed by atoms with van der Waals surface area (Å²) in [4.78, 5) is 1.89. The molecule has 2 rings (SSSR count). The minimum Gasteiger partial charge on any atom is -0.406 e. The number of benzene rings is 1. The largest absolute Gasteiger partial charge is 0.573 e. The molecular weight excluding hydrogens is 349 g/mol. The molecule has 0 radical (unpaired) electrons. The number of nitrogens with zero attached hydrogens (tertiary/aromatic N) is 5. The number of tetrazole rings is 1. The number of alkyl halides is 3. The number of hydrogen-bond acceptors (Lipinski definition) is 6. The minimum absolute atomic E-state index is 0. The highest BCUT2D eigenvalue weighted by Crippen LogP contribution is 2.23. The van der Waals surface area contributed by atoms with E-state index in [0.717, 1.165) is 18.7 Å². The van der Waals surface area contributed by atoms with Crippen LogP contribution in [0.2, 0.25) is 0 Å². The maximum Gasteiger partial charge on any atom is 0.573 e.